The number of carbonyl (C=O) groups excluding carboxylic acids is 1. The van der Waals surface area contributed by atoms with Crippen molar-refractivity contribution < 1.29 is 9.53 Å². The van der Waals surface area contributed by atoms with Gasteiger partial charge in [0.15, 0.2) is 0 Å². The van der Waals surface area contributed by atoms with E-state index in [1.54, 1.807) is 12.4 Å². The van der Waals surface area contributed by atoms with Crippen LogP contribution in [-0.4, -0.2) is 48.2 Å². The van der Waals surface area contributed by atoms with E-state index in [2.05, 4.69) is 20.2 Å². The van der Waals surface area contributed by atoms with Gasteiger partial charge >= 0.3 is 0 Å². The van der Waals surface area contributed by atoms with Crippen LogP contribution in [0.4, 0.5) is 5.95 Å². The highest BCUT2D eigenvalue weighted by Crippen LogP contribution is 2.15. The zero-order chi connectivity index (χ0) is 13.8. The molecule has 2 aliphatic heterocycles. The van der Waals surface area contributed by atoms with Crippen LogP contribution in [-0.2, 0) is 4.74 Å². The normalized spacial score (nSPS) is 22.2. The first-order valence-electron chi connectivity index (χ1n) is 7.30. The summed E-state index contributed by atoms with van der Waals surface area (Å²) < 4.78 is 5.47. The Bertz CT molecular complexity index is 451. The van der Waals surface area contributed by atoms with Gasteiger partial charge in [-0.1, -0.05) is 0 Å². The number of rotatable bonds is 4. The van der Waals surface area contributed by atoms with Gasteiger partial charge in [0.05, 0.1) is 11.7 Å². The van der Waals surface area contributed by atoms with E-state index < -0.39 is 0 Å². The highest BCUT2D eigenvalue weighted by atomic mass is 16.5. The van der Waals surface area contributed by atoms with Gasteiger partial charge in [0.1, 0.15) is 0 Å². The molecule has 6 heteroatoms. The molecule has 0 aliphatic carbocycles. The zero-order valence-corrected chi connectivity index (χ0v) is 11.5. The minimum atomic E-state index is -0.131. The molecule has 1 aromatic heterocycles. The van der Waals surface area contributed by atoms with Crippen LogP contribution in [0.1, 0.15) is 36.0 Å². The molecule has 2 fully saturated rings. The number of nitrogens with zero attached hydrogens (tertiary/aromatic N) is 3. The number of hydrogen-bond acceptors (Lipinski definition) is 5. The Kier molecular flexibility index (Phi) is 4.11. The van der Waals surface area contributed by atoms with Gasteiger partial charge in [-0.25, -0.2) is 9.97 Å². The quantitative estimate of drug-likeness (QED) is 0.888. The number of carbonyl (C=O) groups is 1. The van der Waals surface area contributed by atoms with Gasteiger partial charge < -0.3 is 15.0 Å². The Morgan fingerprint density at radius 2 is 2.05 bits per heavy atom. The van der Waals surface area contributed by atoms with Crippen LogP contribution in [0.3, 0.4) is 0 Å². The number of ether oxygens (including phenoxy) is 1. The molecular weight excluding hydrogens is 256 g/mol. The van der Waals surface area contributed by atoms with E-state index in [1.165, 1.54) is 12.8 Å². The summed E-state index contributed by atoms with van der Waals surface area (Å²) >= 11 is 0. The molecule has 0 bridgehead atoms. The summed E-state index contributed by atoms with van der Waals surface area (Å²) in [4.78, 5) is 22.7. The molecule has 3 heterocycles. The van der Waals surface area contributed by atoms with E-state index >= 15 is 0 Å². The molecule has 2 aliphatic rings. The van der Waals surface area contributed by atoms with E-state index in [-0.39, 0.29) is 12.0 Å². The number of amides is 1. The van der Waals surface area contributed by atoms with Crippen LogP contribution in [0.5, 0.6) is 0 Å². The van der Waals surface area contributed by atoms with Gasteiger partial charge in [0, 0.05) is 38.6 Å². The lowest BCUT2D eigenvalue weighted by Crippen LogP contribution is -2.32. The molecule has 1 atom stereocenters. The third-order valence-corrected chi connectivity index (χ3v) is 3.80. The van der Waals surface area contributed by atoms with Gasteiger partial charge in [-0.05, 0) is 25.7 Å². The molecule has 0 saturated carbocycles. The van der Waals surface area contributed by atoms with E-state index in [9.17, 15) is 4.79 Å². The van der Waals surface area contributed by atoms with Crippen LogP contribution in [0.2, 0.25) is 0 Å². The molecule has 6 nitrogen and oxygen atoms in total. The van der Waals surface area contributed by atoms with Crippen molar-refractivity contribution in [3.05, 3.63) is 18.0 Å². The Balaban J connectivity index is 1.54. The van der Waals surface area contributed by atoms with Crippen molar-refractivity contribution in [2.24, 2.45) is 0 Å². The standard InChI is InChI=1S/C14H20N4O2/c19-13(15-10-12-4-3-7-20-12)11-8-16-14(17-9-11)18-5-1-2-6-18/h8-9,12H,1-7,10H2,(H,15,19). The van der Waals surface area contributed by atoms with Crippen molar-refractivity contribution in [3.8, 4) is 0 Å². The van der Waals surface area contributed by atoms with Crippen molar-refractivity contribution in [2.45, 2.75) is 31.8 Å². The summed E-state index contributed by atoms with van der Waals surface area (Å²) in [5.41, 5.74) is 0.506. The molecule has 2 saturated heterocycles. The lowest BCUT2D eigenvalue weighted by atomic mass is 10.2. The first-order valence-corrected chi connectivity index (χ1v) is 7.30. The monoisotopic (exact) mass is 276 g/mol. The van der Waals surface area contributed by atoms with Crippen molar-refractivity contribution in [3.63, 3.8) is 0 Å². The molecule has 108 valence electrons. The molecule has 1 amide bonds. The molecule has 0 radical (unpaired) electrons. The Labute approximate surface area is 118 Å². The largest absolute Gasteiger partial charge is 0.376 e. The molecular formula is C14H20N4O2. The fourth-order valence-corrected chi connectivity index (χ4v) is 2.63. The number of anilines is 1. The SMILES string of the molecule is O=C(NCC1CCCO1)c1cnc(N2CCCC2)nc1. The van der Waals surface area contributed by atoms with Crippen molar-refractivity contribution in [1.29, 1.82) is 0 Å². The van der Waals surface area contributed by atoms with Crippen LogP contribution in [0, 0.1) is 0 Å². The maximum atomic E-state index is 12.0. The third-order valence-electron chi connectivity index (χ3n) is 3.80. The second-order valence-corrected chi connectivity index (χ2v) is 5.31. The third kappa shape index (κ3) is 3.07. The Morgan fingerprint density at radius 3 is 2.70 bits per heavy atom. The van der Waals surface area contributed by atoms with Gasteiger partial charge in [-0.15, -0.1) is 0 Å². The van der Waals surface area contributed by atoms with Crippen LogP contribution < -0.4 is 10.2 Å². The highest BCUT2D eigenvalue weighted by Gasteiger charge is 2.18. The van der Waals surface area contributed by atoms with E-state index in [0.29, 0.717) is 12.1 Å². The highest BCUT2D eigenvalue weighted by molar-refractivity contribution is 5.93. The van der Waals surface area contributed by atoms with Gasteiger partial charge in [-0.2, -0.15) is 0 Å². The Hall–Kier alpha value is -1.69. The molecule has 0 aromatic carbocycles. The van der Waals surface area contributed by atoms with E-state index in [0.717, 1.165) is 38.5 Å². The maximum absolute atomic E-state index is 12.0. The molecule has 1 unspecified atom stereocenters. The van der Waals surface area contributed by atoms with E-state index in [4.69, 9.17) is 4.74 Å². The second-order valence-electron chi connectivity index (χ2n) is 5.31. The topological polar surface area (TPSA) is 67.3 Å². The molecule has 3 rings (SSSR count). The minimum absolute atomic E-state index is 0.131. The predicted octanol–water partition coefficient (Wildman–Crippen LogP) is 0.986. The summed E-state index contributed by atoms with van der Waals surface area (Å²) in [6.07, 6.45) is 7.83. The minimum Gasteiger partial charge on any atom is -0.376 e. The summed E-state index contributed by atoms with van der Waals surface area (Å²) in [6, 6.07) is 0. The summed E-state index contributed by atoms with van der Waals surface area (Å²) in [5, 5.41) is 2.87. The lowest BCUT2D eigenvalue weighted by Gasteiger charge is -2.15. The second kappa shape index (κ2) is 6.17. The maximum Gasteiger partial charge on any atom is 0.254 e. The van der Waals surface area contributed by atoms with Gasteiger partial charge in [0.2, 0.25) is 5.95 Å². The number of hydrogen-bond donors (Lipinski definition) is 1. The number of nitrogens with one attached hydrogen (secondary N) is 1. The molecule has 20 heavy (non-hydrogen) atoms. The average Bonchev–Trinajstić information content (AvgIpc) is 3.18. The van der Waals surface area contributed by atoms with Crippen molar-refractivity contribution in [1.82, 2.24) is 15.3 Å². The molecule has 1 N–H and O–H groups in total. The zero-order valence-electron chi connectivity index (χ0n) is 11.5. The van der Waals surface area contributed by atoms with Crippen LogP contribution in [0.15, 0.2) is 12.4 Å². The average molecular weight is 276 g/mol. The lowest BCUT2D eigenvalue weighted by molar-refractivity contribution is 0.0857. The summed E-state index contributed by atoms with van der Waals surface area (Å²) in [7, 11) is 0. The first-order chi connectivity index (χ1) is 9.83. The predicted molar refractivity (Wildman–Crippen MR) is 74.8 cm³/mol. The summed E-state index contributed by atoms with van der Waals surface area (Å²) in [5.74, 6) is 0.589. The van der Waals surface area contributed by atoms with Gasteiger partial charge in [-0.3, -0.25) is 4.79 Å². The van der Waals surface area contributed by atoms with Crippen molar-refractivity contribution >= 4 is 11.9 Å². The molecule has 1 aromatic rings. The summed E-state index contributed by atoms with van der Waals surface area (Å²) in [6.45, 7) is 3.37. The fraction of sp³-hybridized carbons (Fsp3) is 0.643. The molecule has 0 spiro atoms. The van der Waals surface area contributed by atoms with Gasteiger partial charge in [0.25, 0.3) is 5.91 Å². The van der Waals surface area contributed by atoms with Crippen LogP contribution in [0.25, 0.3) is 0 Å². The van der Waals surface area contributed by atoms with Crippen LogP contribution >= 0.6 is 0 Å². The number of aromatic nitrogens is 2. The fourth-order valence-electron chi connectivity index (χ4n) is 2.63. The van der Waals surface area contributed by atoms with Crippen molar-refractivity contribution in [2.75, 3.05) is 31.1 Å². The first kappa shape index (κ1) is 13.3. The Morgan fingerprint density at radius 1 is 1.30 bits per heavy atom. The smallest absolute Gasteiger partial charge is 0.254 e. The van der Waals surface area contributed by atoms with E-state index in [1.807, 2.05) is 0 Å².